The highest BCUT2D eigenvalue weighted by Crippen LogP contribution is 2.08. The molecule has 0 aromatic heterocycles. The van der Waals surface area contributed by atoms with Crippen molar-refractivity contribution < 1.29 is 14.7 Å². The Kier molecular flexibility index (Phi) is 6.56. The number of unbranched alkanes of at least 4 members (excludes halogenated alkanes) is 1. The smallest absolute Gasteiger partial charge is 0.326 e. The maximum Gasteiger partial charge on any atom is 0.326 e. The summed E-state index contributed by atoms with van der Waals surface area (Å²) in [6.07, 6.45) is 3.02. The molecule has 0 radical (unpaired) electrons. The summed E-state index contributed by atoms with van der Waals surface area (Å²) in [4.78, 5) is 22.8. The quantitative estimate of drug-likeness (QED) is 0.634. The summed E-state index contributed by atoms with van der Waals surface area (Å²) >= 11 is 0. The van der Waals surface area contributed by atoms with Crippen LogP contribution in [0, 0.1) is 0 Å². The summed E-state index contributed by atoms with van der Waals surface area (Å²) in [6.45, 7) is 1.99. The fourth-order valence-electron chi connectivity index (χ4n) is 1.87. The van der Waals surface area contributed by atoms with Crippen molar-refractivity contribution in [3.8, 4) is 0 Å². The summed E-state index contributed by atoms with van der Waals surface area (Å²) in [5.74, 6) is -1.20. The molecule has 1 atom stereocenters. The van der Waals surface area contributed by atoms with E-state index in [0.717, 1.165) is 18.4 Å². The zero-order valence-corrected chi connectivity index (χ0v) is 11.8. The first kappa shape index (κ1) is 16.0. The minimum absolute atomic E-state index is 0.231. The van der Waals surface area contributed by atoms with Gasteiger partial charge in [-0.3, -0.25) is 4.79 Å². The molecule has 0 aliphatic heterocycles. The number of carbonyl (C=O) groups is 2. The van der Waals surface area contributed by atoms with Gasteiger partial charge in [0.05, 0.1) is 0 Å². The minimum Gasteiger partial charge on any atom is -0.480 e. The molecule has 0 aliphatic carbocycles. The minimum atomic E-state index is -0.973. The van der Waals surface area contributed by atoms with Gasteiger partial charge in [-0.15, -0.1) is 0 Å². The molecule has 0 saturated carbocycles. The van der Waals surface area contributed by atoms with E-state index in [0.29, 0.717) is 18.5 Å². The van der Waals surface area contributed by atoms with Gasteiger partial charge in [0.25, 0.3) is 0 Å². The Bertz CT molecular complexity index is 443. The van der Waals surface area contributed by atoms with E-state index in [1.165, 1.54) is 0 Å². The van der Waals surface area contributed by atoms with Gasteiger partial charge in [-0.25, -0.2) is 4.79 Å². The number of nitrogens with one attached hydrogen (secondary N) is 1. The average molecular weight is 278 g/mol. The van der Waals surface area contributed by atoms with Gasteiger partial charge >= 0.3 is 5.97 Å². The molecular weight excluding hydrogens is 256 g/mol. The average Bonchev–Trinajstić information content (AvgIpc) is 2.42. The Morgan fingerprint density at radius 2 is 1.95 bits per heavy atom. The number of rotatable bonds is 8. The van der Waals surface area contributed by atoms with E-state index >= 15 is 0 Å². The number of benzene rings is 1. The number of aliphatic carboxylic acids is 1. The van der Waals surface area contributed by atoms with Crippen LogP contribution < -0.4 is 11.1 Å². The SMILES string of the molecule is CCCC[C@H](NC(=O)CCc1ccc(N)cc1)C(=O)O. The fourth-order valence-corrected chi connectivity index (χ4v) is 1.87. The second kappa shape index (κ2) is 8.19. The molecule has 0 heterocycles. The number of anilines is 1. The fraction of sp³-hybridized carbons (Fsp3) is 0.467. The Morgan fingerprint density at radius 3 is 2.50 bits per heavy atom. The predicted molar refractivity (Wildman–Crippen MR) is 78.3 cm³/mol. The van der Waals surface area contributed by atoms with Crippen molar-refractivity contribution in [2.45, 2.75) is 45.1 Å². The third kappa shape index (κ3) is 5.73. The molecule has 4 N–H and O–H groups in total. The second-order valence-corrected chi connectivity index (χ2v) is 4.84. The van der Waals surface area contributed by atoms with Gasteiger partial charge < -0.3 is 16.2 Å². The van der Waals surface area contributed by atoms with Crippen LogP contribution in [-0.4, -0.2) is 23.0 Å². The monoisotopic (exact) mass is 278 g/mol. The van der Waals surface area contributed by atoms with Gasteiger partial charge in [0, 0.05) is 12.1 Å². The number of carboxylic acids is 1. The maximum absolute atomic E-state index is 11.8. The topological polar surface area (TPSA) is 92.4 Å². The van der Waals surface area contributed by atoms with E-state index in [1.54, 1.807) is 12.1 Å². The molecule has 5 nitrogen and oxygen atoms in total. The highest BCUT2D eigenvalue weighted by Gasteiger charge is 2.18. The molecule has 0 unspecified atom stereocenters. The number of hydrogen-bond acceptors (Lipinski definition) is 3. The lowest BCUT2D eigenvalue weighted by Crippen LogP contribution is -2.40. The molecule has 1 rings (SSSR count). The first-order chi connectivity index (χ1) is 9.52. The maximum atomic E-state index is 11.8. The van der Waals surface area contributed by atoms with Crippen LogP contribution in [-0.2, 0) is 16.0 Å². The summed E-state index contributed by atoms with van der Waals surface area (Å²) < 4.78 is 0. The lowest BCUT2D eigenvalue weighted by Gasteiger charge is -2.14. The normalized spacial score (nSPS) is 11.8. The Balaban J connectivity index is 2.41. The number of amides is 1. The van der Waals surface area contributed by atoms with Crippen LogP contribution in [0.4, 0.5) is 5.69 Å². The second-order valence-electron chi connectivity index (χ2n) is 4.84. The summed E-state index contributed by atoms with van der Waals surface area (Å²) in [5, 5.41) is 11.6. The van der Waals surface area contributed by atoms with E-state index in [-0.39, 0.29) is 12.3 Å². The van der Waals surface area contributed by atoms with E-state index in [2.05, 4.69) is 5.32 Å². The molecule has 0 bridgehead atoms. The van der Waals surface area contributed by atoms with Crippen molar-refractivity contribution in [2.24, 2.45) is 0 Å². The molecule has 20 heavy (non-hydrogen) atoms. The van der Waals surface area contributed by atoms with E-state index in [4.69, 9.17) is 10.8 Å². The third-order valence-corrected chi connectivity index (χ3v) is 3.10. The lowest BCUT2D eigenvalue weighted by atomic mass is 10.1. The van der Waals surface area contributed by atoms with Crippen molar-refractivity contribution in [3.63, 3.8) is 0 Å². The van der Waals surface area contributed by atoms with Crippen molar-refractivity contribution in [1.82, 2.24) is 5.32 Å². The van der Waals surface area contributed by atoms with Gasteiger partial charge in [0.15, 0.2) is 0 Å². The largest absolute Gasteiger partial charge is 0.480 e. The molecule has 0 aliphatic rings. The number of aryl methyl sites for hydroxylation is 1. The standard InChI is InChI=1S/C15H22N2O3/c1-2-3-4-13(15(19)20)17-14(18)10-7-11-5-8-12(16)9-6-11/h5-6,8-9,13H,2-4,7,10,16H2,1H3,(H,17,18)(H,19,20)/t13-/m0/s1. The van der Waals surface area contributed by atoms with E-state index < -0.39 is 12.0 Å². The van der Waals surface area contributed by atoms with E-state index in [1.807, 2.05) is 19.1 Å². The highest BCUT2D eigenvalue weighted by molar-refractivity contribution is 5.83. The van der Waals surface area contributed by atoms with Crippen molar-refractivity contribution in [3.05, 3.63) is 29.8 Å². The van der Waals surface area contributed by atoms with Crippen LogP contribution in [0.5, 0.6) is 0 Å². The number of carbonyl (C=O) groups excluding carboxylic acids is 1. The molecule has 1 aromatic carbocycles. The van der Waals surface area contributed by atoms with Gasteiger partial charge in [-0.05, 0) is 30.5 Å². The van der Waals surface area contributed by atoms with Crippen molar-refractivity contribution in [1.29, 1.82) is 0 Å². The number of nitrogen functional groups attached to an aromatic ring is 1. The predicted octanol–water partition coefficient (Wildman–Crippen LogP) is 1.96. The first-order valence-corrected chi connectivity index (χ1v) is 6.89. The lowest BCUT2D eigenvalue weighted by molar-refractivity contribution is -0.142. The Hall–Kier alpha value is -2.04. The molecule has 0 fully saturated rings. The van der Waals surface area contributed by atoms with Crippen LogP contribution in [0.3, 0.4) is 0 Å². The zero-order valence-electron chi connectivity index (χ0n) is 11.8. The molecule has 0 saturated heterocycles. The Morgan fingerprint density at radius 1 is 1.30 bits per heavy atom. The third-order valence-electron chi connectivity index (χ3n) is 3.10. The summed E-state index contributed by atoms with van der Waals surface area (Å²) in [5.41, 5.74) is 7.28. The molecule has 5 heteroatoms. The molecule has 1 aromatic rings. The summed E-state index contributed by atoms with van der Waals surface area (Å²) in [7, 11) is 0. The van der Waals surface area contributed by atoms with Gasteiger partial charge in [0.2, 0.25) is 5.91 Å². The van der Waals surface area contributed by atoms with Crippen LogP contribution in [0.15, 0.2) is 24.3 Å². The zero-order chi connectivity index (χ0) is 15.0. The van der Waals surface area contributed by atoms with E-state index in [9.17, 15) is 9.59 Å². The van der Waals surface area contributed by atoms with Crippen LogP contribution in [0.1, 0.15) is 38.2 Å². The molecule has 1 amide bonds. The van der Waals surface area contributed by atoms with Gasteiger partial charge in [-0.1, -0.05) is 31.9 Å². The number of hydrogen-bond donors (Lipinski definition) is 3. The summed E-state index contributed by atoms with van der Waals surface area (Å²) in [6, 6.07) is 6.53. The van der Waals surface area contributed by atoms with Crippen LogP contribution in [0.25, 0.3) is 0 Å². The highest BCUT2D eigenvalue weighted by atomic mass is 16.4. The van der Waals surface area contributed by atoms with Crippen molar-refractivity contribution in [2.75, 3.05) is 5.73 Å². The van der Waals surface area contributed by atoms with Crippen LogP contribution >= 0.6 is 0 Å². The first-order valence-electron chi connectivity index (χ1n) is 6.89. The Labute approximate surface area is 119 Å². The molecule has 110 valence electrons. The van der Waals surface area contributed by atoms with Crippen LogP contribution in [0.2, 0.25) is 0 Å². The number of nitrogens with two attached hydrogens (primary N) is 1. The van der Waals surface area contributed by atoms with Gasteiger partial charge in [-0.2, -0.15) is 0 Å². The van der Waals surface area contributed by atoms with Gasteiger partial charge in [0.1, 0.15) is 6.04 Å². The molecular formula is C15H22N2O3. The number of carboxylic acid groups (broad SMARTS) is 1. The van der Waals surface area contributed by atoms with Crippen molar-refractivity contribution >= 4 is 17.6 Å². The molecule has 0 spiro atoms.